The van der Waals surface area contributed by atoms with Crippen LogP contribution >= 0.6 is 7.82 Å². The summed E-state index contributed by atoms with van der Waals surface area (Å²) in [6.07, 6.45) is 33.2. The molecule has 1 atom stereocenters. The van der Waals surface area contributed by atoms with Crippen molar-refractivity contribution in [2.75, 3.05) is 13.2 Å². The molecule has 0 bridgehead atoms. The van der Waals surface area contributed by atoms with Crippen LogP contribution < -0.4 is 0 Å². The number of phosphoric acid groups is 1. The Morgan fingerprint density at radius 3 is 1.57 bits per heavy atom. The van der Waals surface area contributed by atoms with E-state index in [0.29, 0.717) is 6.42 Å². The van der Waals surface area contributed by atoms with E-state index in [1.807, 2.05) is 0 Å². The van der Waals surface area contributed by atoms with Gasteiger partial charge in [-0.15, -0.1) is 0 Å². The Morgan fingerprint density at radius 2 is 1.05 bits per heavy atom. The molecule has 2 N–H and O–H groups in total. The molecule has 258 valence electrons. The lowest BCUT2D eigenvalue weighted by atomic mass is 10.0. The van der Waals surface area contributed by atoms with E-state index in [4.69, 9.17) is 19.3 Å². The number of unbranched alkanes of at least 4 members (excludes halogenated alkanes) is 18. The van der Waals surface area contributed by atoms with Gasteiger partial charge in [-0.3, -0.25) is 14.1 Å². The van der Waals surface area contributed by atoms with Crippen molar-refractivity contribution in [1.82, 2.24) is 0 Å². The number of rotatable bonds is 32. The van der Waals surface area contributed by atoms with Crippen LogP contribution in [0.4, 0.5) is 0 Å². The Hall–Kier alpha value is -1.47. The first-order valence-corrected chi connectivity index (χ1v) is 19.2. The number of ether oxygens (including phenoxy) is 2. The normalized spacial score (nSPS) is 12.7. The molecule has 9 heteroatoms. The van der Waals surface area contributed by atoms with Crippen LogP contribution in [0, 0.1) is 0 Å². The zero-order chi connectivity index (χ0) is 32.6. The van der Waals surface area contributed by atoms with Crippen molar-refractivity contribution < 1.29 is 37.9 Å². The van der Waals surface area contributed by atoms with Gasteiger partial charge in [0.25, 0.3) is 0 Å². The summed E-state index contributed by atoms with van der Waals surface area (Å²) in [5.74, 6) is -0.899. The molecule has 0 saturated carbocycles. The average molecular weight is 645 g/mol. The van der Waals surface area contributed by atoms with E-state index in [1.54, 1.807) is 0 Å². The maximum atomic E-state index is 12.3. The van der Waals surface area contributed by atoms with Crippen LogP contribution in [0.5, 0.6) is 0 Å². The topological polar surface area (TPSA) is 119 Å². The fraction of sp³-hybridized carbons (Fsp3) is 0.829. The lowest BCUT2D eigenvalue weighted by Crippen LogP contribution is -2.29. The molecule has 0 amide bonds. The Balaban J connectivity index is 4.02. The fourth-order valence-corrected chi connectivity index (χ4v) is 5.16. The molecule has 0 aromatic carbocycles. The number of allylic oxidation sites excluding steroid dienone is 4. The Kier molecular flexibility index (Phi) is 30.5. The maximum Gasteiger partial charge on any atom is 0.469 e. The van der Waals surface area contributed by atoms with Crippen LogP contribution in [-0.4, -0.2) is 41.0 Å². The van der Waals surface area contributed by atoms with E-state index < -0.39 is 32.5 Å². The highest BCUT2D eigenvalue weighted by molar-refractivity contribution is 7.46. The highest BCUT2D eigenvalue weighted by Gasteiger charge is 2.22. The van der Waals surface area contributed by atoms with E-state index in [0.717, 1.165) is 64.2 Å². The molecule has 0 aliphatic rings. The molecule has 0 saturated heterocycles. The molecule has 0 unspecified atom stereocenters. The molecule has 8 nitrogen and oxygen atoms in total. The lowest BCUT2D eigenvalue weighted by molar-refractivity contribution is -0.161. The molecule has 44 heavy (non-hydrogen) atoms. The van der Waals surface area contributed by atoms with Crippen LogP contribution in [0.25, 0.3) is 0 Å². The molecular formula is C35H65O8P. The summed E-state index contributed by atoms with van der Waals surface area (Å²) in [6, 6.07) is 0. The van der Waals surface area contributed by atoms with Gasteiger partial charge in [0.05, 0.1) is 6.61 Å². The van der Waals surface area contributed by atoms with Crippen molar-refractivity contribution in [2.45, 2.75) is 174 Å². The maximum absolute atomic E-state index is 12.3. The van der Waals surface area contributed by atoms with Gasteiger partial charge in [0, 0.05) is 12.8 Å². The summed E-state index contributed by atoms with van der Waals surface area (Å²) in [4.78, 5) is 42.6. The van der Waals surface area contributed by atoms with Crippen molar-refractivity contribution in [3.63, 3.8) is 0 Å². The predicted octanol–water partition coefficient (Wildman–Crippen LogP) is 10.1. The van der Waals surface area contributed by atoms with Gasteiger partial charge < -0.3 is 19.3 Å². The van der Waals surface area contributed by atoms with Gasteiger partial charge in [-0.05, 0) is 38.5 Å². The van der Waals surface area contributed by atoms with E-state index in [2.05, 4.69) is 42.7 Å². The first kappa shape index (κ1) is 42.5. The summed E-state index contributed by atoms with van der Waals surface area (Å²) in [5, 5.41) is 0. The Morgan fingerprint density at radius 1 is 0.591 bits per heavy atom. The van der Waals surface area contributed by atoms with Crippen molar-refractivity contribution in [1.29, 1.82) is 0 Å². The fourth-order valence-electron chi connectivity index (χ4n) is 4.80. The summed E-state index contributed by atoms with van der Waals surface area (Å²) in [7, 11) is -4.75. The molecule has 0 fully saturated rings. The van der Waals surface area contributed by atoms with Gasteiger partial charge in [-0.25, -0.2) is 4.57 Å². The van der Waals surface area contributed by atoms with E-state index in [1.165, 1.54) is 70.6 Å². The molecule has 0 aromatic rings. The third-order valence-electron chi connectivity index (χ3n) is 7.47. The van der Waals surface area contributed by atoms with Gasteiger partial charge in [-0.2, -0.15) is 0 Å². The monoisotopic (exact) mass is 644 g/mol. The average Bonchev–Trinajstić information content (AvgIpc) is 2.98. The number of phosphoric ester groups is 1. The van der Waals surface area contributed by atoms with Crippen LogP contribution in [0.15, 0.2) is 24.3 Å². The van der Waals surface area contributed by atoms with E-state index >= 15 is 0 Å². The summed E-state index contributed by atoms with van der Waals surface area (Å²) < 4.78 is 26.2. The largest absolute Gasteiger partial charge is 0.469 e. The zero-order valence-electron chi connectivity index (χ0n) is 28.1. The minimum Gasteiger partial charge on any atom is -0.462 e. The van der Waals surface area contributed by atoms with Crippen molar-refractivity contribution in [2.24, 2.45) is 0 Å². The van der Waals surface area contributed by atoms with Crippen molar-refractivity contribution >= 4 is 19.8 Å². The molecule has 0 radical (unpaired) electrons. The predicted molar refractivity (Wildman–Crippen MR) is 179 cm³/mol. The van der Waals surface area contributed by atoms with Gasteiger partial charge in [-0.1, -0.05) is 141 Å². The molecule has 0 aromatic heterocycles. The molecule has 0 rings (SSSR count). The Labute approximate surface area is 269 Å². The molecule has 0 spiro atoms. The number of hydrogen-bond acceptors (Lipinski definition) is 6. The number of esters is 2. The standard InChI is InChI=1S/C35H65O8P/c1-3-5-7-9-11-13-15-17-18-20-22-24-26-28-30-35(37)43-33(32-42-44(38,39)40)31-41-34(36)29-27-25-23-21-19-16-14-12-10-8-6-4-2/h9,11,15,17,33H,3-8,10,12-14,16,18-32H2,1-2H3,(H2,38,39,40)/b11-9-,17-15-/t33-/m1/s1. The summed E-state index contributed by atoms with van der Waals surface area (Å²) in [5.41, 5.74) is 0. The first-order chi connectivity index (χ1) is 21.3. The molecular weight excluding hydrogens is 579 g/mol. The van der Waals surface area contributed by atoms with Gasteiger partial charge >= 0.3 is 19.8 Å². The van der Waals surface area contributed by atoms with Crippen LogP contribution in [0.2, 0.25) is 0 Å². The van der Waals surface area contributed by atoms with Crippen molar-refractivity contribution in [3.05, 3.63) is 24.3 Å². The lowest BCUT2D eigenvalue weighted by Gasteiger charge is -2.18. The molecule has 0 heterocycles. The highest BCUT2D eigenvalue weighted by Crippen LogP contribution is 2.36. The van der Waals surface area contributed by atoms with Gasteiger partial charge in [0.1, 0.15) is 6.61 Å². The summed E-state index contributed by atoms with van der Waals surface area (Å²) in [6.45, 7) is 3.61. The van der Waals surface area contributed by atoms with Crippen LogP contribution in [0.3, 0.4) is 0 Å². The van der Waals surface area contributed by atoms with E-state index in [-0.39, 0.29) is 19.4 Å². The second-order valence-electron chi connectivity index (χ2n) is 11.8. The van der Waals surface area contributed by atoms with Crippen molar-refractivity contribution in [3.8, 4) is 0 Å². The quantitative estimate of drug-likeness (QED) is 0.0321. The van der Waals surface area contributed by atoms with Gasteiger partial charge in [0.15, 0.2) is 6.10 Å². The van der Waals surface area contributed by atoms with Crippen LogP contribution in [0.1, 0.15) is 168 Å². The number of carbonyl (C=O) groups is 2. The first-order valence-electron chi connectivity index (χ1n) is 17.6. The second-order valence-corrected chi connectivity index (χ2v) is 13.1. The minimum atomic E-state index is -4.75. The smallest absolute Gasteiger partial charge is 0.462 e. The minimum absolute atomic E-state index is 0.198. The third kappa shape index (κ3) is 33.4. The Bertz CT molecular complexity index is 777. The van der Waals surface area contributed by atoms with Gasteiger partial charge in [0.2, 0.25) is 0 Å². The van der Waals surface area contributed by atoms with E-state index in [9.17, 15) is 14.2 Å². The summed E-state index contributed by atoms with van der Waals surface area (Å²) >= 11 is 0. The second kappa shape index (κ2) is 31.5. The highest BCUT2D eigenvalue weighted by atomic mass is 31.2. The third-order valence-corrected chi connectivity index (χ3v) is 7.96. The molecule has 0 aliphatic carbocycles. The number of hydrogen-bond donors (Lipinski definition) is 2. The SMILES string of the molecule is CCCC/C=C\C/C=C\CCCCCCCC(=O)O[C@H](COC(=O)CCCCCCCCCCCCCC)COP(=O)(O)O. The number of carbonyl (C=O) groups excluding carboxylic acids is 2. The van der Waals surface area contributed by atoms with Crippen LogP contribution in [-0.2, 0) is 28.2 Å². The zero-order valence-corrected chi connectivity index (χ0v) is 29.0. The molecule has 0 aliphatic heterocycles.